The summed E-state index contributed by atoms with van der Waals surface area (Å²) in [7, 11) is -0.477. The van der Waals surface area contributed by atoms with Crippen molar-refractivity contribution in [2.75, 3.05) is 17.7 Å². The number of rotatable bonds is 9. The maximum Gasteiger partial charge on any atom is 0.328 e. The lowest BCUT2D eigenvalue weighted by molar-refractivity contribution is -0.118. The molecule has 172 valence electrons. The first-order valence-electron chi connectivity index (χ1n) is 10.6. The van der Waals surface area contributed by atoms with Crippen molar-refractivity contribution in [2.24, 2.45) is 14.1 Å². The van der Waals surface area contributed by atoms with E-state index in [1.54, 1.807) is 26.2 Å². The van der Waals surface area contributed by atoms with E-state index in [0.717, 1.165) is 18.4 Å². The molecule has 3 rings (SSSR count). The number of aryl methyl sites for hydroxylation is 3. The third kappa shape index (κ3) is 4.88. The summed E-state index contributed by atoms with van der Waals surface area (Å²) in [5.41, 5.74) is 2.03. The Morgan fingerprint density at radius 3 is 2.25 bits per heavy atom. The molecule has 8 nitrogen and oxygen atoms in total. The lowest BCUT2D eigenvalue weighted by Crippen LogP contribution is -2.22. The van der Waals surface area contributed by atoms with Crippen LogP contribution in [-0.4, -0.2) is 35.8 Å². The number of nitrogens with zero attached hydrogens (tertiary/aromatic N) is 2. The van der Waals surface area contributed by atoms with Crippen LogP contribution in [0.15, 0.2) is 46.1 Å². The van der Waals surface area contributed by atoms with Crippen molar-refractivity contribution < 1.29 is 17.9 Å². The zero-order valence-electron chi connectivity index (χ0n) is 18.8. The molecule has 1 aromatic heterocycles. The second-order valence-electron chi connectivity index (χ2n) is 7.74. The van der Waals surface area contributed by atoms with Crippen LogP contribution in [0.4, 0.5) is 5.69 Å². The number of fused-ring (bicyclic) bond motifs is 1. The van der Waals surface area contributed by atoms with E-state index in [0.29, 0.717) is 23.2 Å². The maximum absolute atomic E-state index is 13.0. The van der Waals surface area contributed by atoms with Crippen LogP contribution in [0.1, 0.15) is 32.3 Å². The highest BCUT2D eigenvalue weighted by Crippen LogP contribution is 2.29. The van der Waals surface area contributed by atoms with Gasteiger partial charge in [0.2, 0.25) is 0 Å². The molecule has 32 heavy (non-hydrogen) atoms. The first kappa shape index (κ1) is 23.6. The molecule has 0 spiro atoms. The number of sulfone groups is 1. The minimum atomic E-state index is -3.67. The summed E-state index contributed by atoms with van der Waals surface area (Å²) in [4.78, 5) is 24.9. The second-order valence-corrected chi connectivity index (χ2v) is 9.82. The molecule has 3 aromatic rings. The molecule has 1 amide bonds. The van der Waals surface area contributed by atoms with Gasteiger partial charge in [-0.3, -0.25) is 13.9 Å². The van der Waals surface area contributed by atoms with Gasteiger partial charge in [-0.1, -0.05) is 32.4 Å². The standard InChI is InChI=1S/C23H29N3O5S/c1-5-7-12-32(29,30)21-14-20-19(25(3)23(28)26(20)4)13-18(21)24-22(27)15-31-17-10-8-16(6-2)9-11-17/h8-11,13-14H,5-7,12,15H2,1-4H3,(H,24,27). The summed E-state index contributed by atoms with van der Waals surface area (Å²) in [6.07, 6.45) is 2.12. The Kier molecular flexibility index (Phi) is 7.08. The molecule has 0 fully saturated rings. The number of hydrogen-bond acceptors (Lipinski definition) is 5. The van der Waals surface area contributed by atoms with E-state index in [1.165, 1.54) is 21.3 Å². The number of carbonyl (C=O) groups excluding carboxylic acids is 1. The Labute approximate surface area is 187 Å². The van der Waals surface area contributed by atoms with Gasteiger partial charge in [0, 0.05) is 14.1 Å². The minimum absolute atomic E-state index is 0.000277. The number of unbranched alkanes of at least 4 members (excludes halogenated alkanes) is 1. The fourth-order valence-electron chi connectivity index (χ4n) is 3.48. The fraction of sp³-hybridized carbons (Fsp3) is 0.391. The van der Waals surface area contributed by atoms with Crippen LogP contribution in [0.3, 0.4) is 0 Å². The summed E-state index contributed by atoms with van der Waals surface area (Å²) in [6, 6.07) is 10.4. The lowest BCUT2D eigenvalue weighted by Gasteiger charge is -2.13. The molecule has 2 aromatic carbocycles. The second kappa shape index (κ2) is 9.60. The predicted molar refractivity (Wildman–Crippen MR) is 125 cm³/mol. The SMILES string of the molecule is CCCCS(=O)(=O)c1cc2c(cc1NC(=O)COc1ccc(CC)cc1)n(C)c(=O)n2C. The van der Waals surface area contributed by atoms with Crippen molar-refractivity contribution in [3.05, 3.63) is 52.4 Å². The molecule has 0 aliphatic rings. The van der Waals surface area contributed by atoms with Gasteiger partial charge in [0.15, 0.2) is 16.4 Å². The van der Waals surface area contributed by atoms with Crippen LogP contribution in [0.25, 0.3) is 11.0 Å². The van der Waals surface area contributed by atoms with Gasteiger partial charge in [0.25, 0.3) is 5.91 Å². The monoisotopic (exact) mass is 459 g/mol. The highest BCUT2D eigenvalue weighted by atomic mass is 32.2. The number of nitrogens with one attached hydrogen (secondary N) is 1. The van der Waals surface area contributed by atoms with Gasteiger partial charge in [0.1, 0.15) is 5.75 Å². The third-order valence-corrected chi connectivity index (χ3v) is 7.28. The van der Waals surface area contributed by atoms with Gasteiger partial charge >= 0.3 is 5.69 Å². The number of aromatic nitrogens is 2. The van der Waals surface area contributed by atoms with Crippen molar-refractivity contribution in [2.45, 2.75) is 38.0 Å². The average molecular weight is 460 g/mol. The van der Waals surface area contributed by atoms with Gasteiger partial charge in [-0.25, -0.2) is 13.2 Å². The molecule has 1 N–H and O–H groups in total. The Balaban J connectivity index is 1.92. The van der Waals surface area contributed by atoms with E-state index in [2.05, 4.69) is 12.2 Å². The molecule has 0 aliphatic heterocycles. The number of carbonyl (C=O) groups is 1. The minimum Gasteiger partial charge on any atom is -0.484 e. The van der Waals surface area contributed by atoms with Gasteiger partial charge < -0.3 is 10.1 Å². The van der Waals surface area contributed by atoms with E-state index < -0.39 is 15.7 Å². The summed E-state index contributed by atoms with van der Waals surface area (Å²) >= 11 is 0. The molecule has 0 unspecified atom stereocenters. The summed E-state index contributed by atoms with van der Waals surface area (Å²) in [5, 5.41) is 2.67. The Hall–Kier alpha value is -3.07. The van der Waals surface area contributed by atoms with E-state index in [4.69, 9.17) is 4.74 Å². The summed E-state index contributed by atoms with van der Waals surface area (Å²) in [6.45, 7) is 3.69. The molecule has 0 aliphatic carbocycles. The first-order chi connectivity index (χ1) is 15.2. The third-order valence-electron chi connectivity index (χ3n) is 5.45. The molecule has 0 atom stereocenters. The largest absolute Gasteiger partial charge is 0.484 e. The molecule has 0 bridgehead atoms. The van der Waals surface area contributed by atoms with Crippen LogP contribution in [0.5, 0.6) is 5.75 Å². The van der Waals surface area contributed by atoms with E-state index in [9.17, 15) is 18.0 Å². The average Bonchev–Trinajstić information content (AvgIpc) is 2.99. The van der Waals surface area contributed by atoms with Crippen molar-refractivity contribution in [3.63, 3.8) is 0 Å². The van der Waals surface area contributed by atoms with Gasteiger partial charge in [-0.05, 0) is 42.7 Å². The highest BCUT2D eigenvalue weighted by Gasteiger charge is 2.23. The first-order valence-corrected chi connectivity index (χ1v) is 12.3. The van der Waals surface area contributed by atoms with Crippen LogP contribution in [0, 0.1) is 0 Å². The molecule has 0 radical (unpaired) electrons. The predicted octanol–water partition coefficient (Wildman–Crippen LogP) is 3.03. The van der Waals surface area contributed by atoms with Crippen LogP contribution >= 0.6 is 0 Å². The fourth-order valence-corrected chi connectivity index (χ4v) is 5.11. The van der Waals surface area contributed by atoms with Crippen LogP contribution in [-0.2, 0) is 35.1 Å². The van der Waals surface area contributed by atoms with Crippen molar-refractivity contribution in [3.8, 4) is 5.75 Å². The number of amides is 1. The number of benzene rings is 2. The van der Waals surface area contributed by atoms with Crippen molar-refractivity contribution in [1.82, 2.24) is 9.13 Å². The number of anilines is 1. The summed E-state index contributed by atoms with van der Waals surface area (Å²) < 4.78 is 34.4. The molecule has 0 saturated carbocycles. The summed E-state index contributed by atoms with van der Waals surface area (Å²) in [5.74, 6) is 0.0182. The van der Waals surface area contributed by atoms with Crippen LogP contribution in [0.2, 0.25) is 0 Å². The topological polar surface area (TPSA) is 99.4 Å². The van der Waals surface area contributed by atoms with Crippen molar-refractivity contribution >= 4 is 32.5 Å². The zero-order chi connectivity index (χ0) is 23.5. The molecular weight excluding hydrogens is 430 g/mol. The van der Waals surface area contributed by atoms with Crippen molar-refractivity contribution in [1.29, 1.82) is 0 Å². The molecular formula is C23H29N3O5S. The van der Waals surface area contributed by atoms with E-state index in [1.807, 2.05) is 19.1 Å². The smallest absolute Gasteiger partial charge is 0.328 e. The van der Waals surface area contributed by atoms with Gasteiger partial charge in [-0.2, -0.15) is 0 Å². The van der Waals surface area contributed by atoms with E-state index >= 15 is 0 Å². The quantitative estimate of drug-likeness (QED) is 0.530. The Morgan fingerprint density at radius 2 is 1.66 bits per heavy atom. The van der Waals surface area contributed by atoms with Gasteiger partial charge in [-0.15, -0.1) is 0 Å². The van der Waals surface area contributed by atoms with Crippen LogP contribution < -0.4 is 15.7 Å². The molecule has 0 saturated heterocycles. The Morgan fingerprint density at radius 1 is 1.03 bits per heavy atom. The number of imidazole rings is 1. The van der Waals surface area contributed by atoms with E-state index in [-0.39, 0.29) is 28.6 Å². The lowest BCUT2D eigenvalue weighted by atomic mass is 10.2. The van der Waals surface area contributed by atoms with Gasteiger partial charge in [0.05, 0.1) is 27.4 Å². The number of hydrogen-bond donors (Lipinski definition) is 1. The Bertz CT molecular complexity index is 1290. The molecule has 9 heteroatoms. The zero-order valence-corrected chi connectivity index (χ0v) is 19.7. The normalized spacial score (nSPS) is 11.6. The maximum atomic E-state index is 13.0. The molecule has 1 heterocycles. The highest BCUT2D eigenvalue weighted by molar-refractivity contribution is 7.91. The number of ether oxygens (including phenoxy) is 1.